The summed E-state index contributed by atoms with van der Waals surface area (Å²) in [4.78, 5) is 36.6. The monoisotopic (exact) mass is 588 g/mol. The van der Waals surface area contributed by atoms with E-state index in [0.29, 0.717) is 17.2 Å². The van der Waals surface area contributed by atoms with Gasteiger partial charge in [-0.2, -0.15) is 0 Å². The van der Waals surface area contributed by atoms with Crippen LogP contribution in [0.5, 0.6) is 17.2 Å². The summed E-state index contributed by atoms with van der Waals surface area (Å²) in [6, 6.07) is 19.1. The van der Waals surface area contributed by atoms with E-state index in [-0.39, 0.29) is 35.8 Å². The topological polar surface area (TPSA) is 114 Å². The Hall–Kier alpha value is -4.37. The second-order valence-corrected chi connectivity index (χ2v) is 11.5. The molecule has 2 aliphatic rings. The van der Waals surface area contributed by atoms with E-state index in [1.165, 1.54) is 69.5 Å². The average Bonchev–Trinajstić information content (AvgIpc) is 3.07. The van der Waals surface area contributed by atoms with Crippen LogP contribution >= 0.6 is 0 Å². The quantitative estimate of drug-likeness (QED) is 0.216. The lowest BCUT2D eigenvalue weighted by Gasteiger charge is -2.38. The maximum absolute atomic E-state index is 12.1. The standard InChI is InChI=1S/C19H19NO6.C15H21NO/c1-13(21)20-15-7-9-16(10-8-15)24-11-12-25-19(23)17-5-3-4-6-18(17)26-14(2)22;1-15-5-6-16(2)10-11(9-15)7-12-3-4-13(17)8-14(12)15/h3-10H,11-12H2,1-2H3,(H,20,21);3-4,8,11,17H,5-7,9-10H2,1-2H3/t;11-,15-/m.1/s1. The summed E-state index contributed by atoms with van der Waals surface area (Å²) < 4.78 is 15.6. The maximum atomic E-state index is 12.1. The highest BCUT2D eigenvalue weighted by Gasteiger charge is 2.39. The van der Waals surface area contributed by atoms with Crippen LogP contribution in [-0.2, 0) is 26.2 Å². The van der Waals surface area contributed by atoms with Crippen molar-refractivity contribution in [1.29, 1.82) is 0 Å². The van der Waals surface area contributed by atoms with Gasteiger partial charge in [-0.15, -0.1) is 0 Å². The molecule has 1 aliphatic heterocycles. The number of amides is 1. The van der Waals surface area contributed by atoms with Crippen molar-refractivity contribution in [3.8, 4) is 17.2 Å². The number of para-hydroxylation sites is 1. The highest BCUT2D eigenvalue weighted by molar-refractivity contribution is 5.93. The predicted octanol–water partition coefficient (Wildman–Crippen LogP) is 5.35. The Morgan fingerprint density at radius 1 is 1.02 bits per heavy atom. The van der Waals surface area contributed by atoms with Gasteiger partial charge in [0.15, 0.2) is 0 Å². The van der Waals surface area contributed by atoms with Crippen LogP contribution in [0.3, 0.4) is 0 Å². The van der Waals surface area contributed by atoms with Crippen LogP contribution in [0, 0.1) is 5.92 Å². The van der Waals surface area contributed by atoms with Crippen molar-refractivity contribution < 1.29 is 33.7 Å². The number of nitrogens with one attached hydrogen (secondary N) is 1. The summed E-state index contributed by atoms with van der Waals surface area (Å²) in [5, 5.41) is 12.4. The molecule has 9 heteroatoms. The molecule has 0 spiro atoms. The third-order valence-electron chi connectivity index (χ3n) is 7.73. The molecule has 1 heterocycles. The number of rotatable bonds is 7. The van der Waals surface area contributed by atoms with Crippen LogP contribution in [0.25, 0.3) is 0 Å². The van der Waals surface area contributed by atoms with Crippen LogP contribution in [-0.4, -0.2) is 61.2 Å². The van der Waals surface area contributed by atoms with Gasteiger partial charge in [0, 0.05) is 26.1 Å². The van der Waals surface area contributed by atoms with Crippen LogP contribution in [0.4, 0.5) is 5.69 Å². The summed E-state index contributed by atoms with van der Waals surface area (Å²) >= 11 is 0. The number of hydrogen-bond acceptors (Lipinski definition) is 8. The number of benzene rings is 3. The number of fused-ring (bicyclic) bond motifs is 4. The number of anilines is 1. The molecule has 3 aromatic carbocycles. The number of phenolic OH excluding ortho intramolecular Hbond substituents is 1. The van der Waals surface area contributed by atoms with Gasteiger partial charge in [-0.3, -0.25) is 9.59 Å². The summed E-state index contributed by atoms with van der Waals surface area (Å²) in [6.45, 7) is 7.63. The normalized spacial score (nSPS) is 19.0. The molecule has 3 aromatic rings. The number of ether oxygens (including phenoxy) is 3. The van der Waals surface area contributed by atoms with Gasteiger partial charge in [-0.05, 0) is 104 Å². The number of phenols is 1. The van der Waals surface area contributed by atoms with Gasteiger partial charge < -0.3 is 29.5 Å². The van der Waals surface area contributed by atoms with Crippen LogP contribution in [0.2, 0.25) is 0 Å². The fraction of sp³-hybridized carbons (Fsp3) is 0.382. The molecule has 0 saturated carbocycles. The van der Waals surface area contributed by atoms with Gasteiger partial charge >= 0.3 is 11.9 Å². The van der Waals surface area contributed by atoms with Crippen molar-refractivity contribution in [2.45, 2.75) is 45.4 Å². The molecular weight excluding hydrogens is 548 g/mol. The zero-order valence-electron chi connectivity index (χ0n) is 25.2. The van der Waals surface area contributed by atoms with E-state index < -0.39 is 11.9 Å². The van der Waals surface area contributed by atoms with Crippen molar-refractivity contribution in [2.75, 3.05) is 38.7 Å². The van der Waals surface area contributed by atoms with Crippen molar-refractivity contribution in [2.24, 2.45) is 5.92 Å². The largest absolute Gasteiger partial charge is 0.508 e. The SMILES string of the molecule is CC(=O)Nc1ccc(OCCOC(=O)c2ccccc2OC(C)=O)cc1.CN1CC[C@]2(C)C[C@@H](Cc3ccc(O)cc32)C1. The average molecular weight is 589 g/mol. The van der Waals surface area contributed by atoms with Crippen molar-refractivity contribution in [3.05, 3.63) is 83.4 Å². The molecule has 0 aromatic heterocycles. The highest BCUT2D eigenvalue weighted by atomic mass is 16.6. The second kappa shape index (κ2) is 14.2. The number of aromatic hydroxyl groups is 1. The molecule has 0 radical (unpaired) electrons. The molecule has 2 N–H and O–H groups in total. The fourth-order valence-electron chi connectivity index (χ4n) is 5.86. The molecule has 1 saturated heterocycles. The van der Waals surface area contributed by atoms with E-state index in [2.05, 4.69) is 30.3 Å². The van der Waals surface area contributed by atoms with Crippen LogP contribution in [0.1, 0.15) is 55.1 Å². The predicted molar refractivity (Wildman–Crippen MR) is 164 cm³/mol. The molecular formula is C34H40N2O7. The molecule has 2 bridgehead atoms. The van der Waals surface area contributed by atoms with Gasteiger partial charge in [0.1, 0.15) is 36.0 Å². The fourth-order valence-corrected chi connectivity index (χ4v) is 5.86. The Kier molecular flexibility index (Phi) is 10.4. The Bertz CT molecular complexity index is 1440. The molecule has 5 rings (SSSR count). The first kappa shape index (κ1) is 31.6. The lowest BCUT2D eigenvalue weighted by Crippen LogP contribution is -2.32. The maximum Gasteiger partial charge on any atom is 0.342 e. The highest BCUT2D eigenvalue weighted by Crippen LogP contribution is 2.45. The zero-order chi connectivity index (χ0) is 31.0. The molecule has 0 unspecified atom stereocenters. The summed E-state index contributed by atoms with van der Waals surface area (Å²) in [6.07, 6.45) is 3.65. The van der Waals surface area contributed by atoms with Crippen LogP contribution < -0.4 is 14.8 Å². The number of esters is 2. The van der Waals surface area contributed by atoms with Crippen LogP contribution in [0.15, 0.2) is 66.7 Å². The number of carbonyl (C=O) groups is 3. The summed E-state index contributed by atoms with van der Waals surface area (Å²) in [5.41, 5.74) is 3.95. The first-order valence-corrected chi connectivity index (χ1v) is 14.5. The minimum atomic E-state index is -0.605. The first-order chi connectivity index (χ1) is 20.5. The van der Waals surface area contributed by atoms with Crippen molar-refractivity contribution in [1.82, 2.24) is 4.90 Å². The minimum absolute atomic E-state index is 0.0285. The summed E-state index contributed by atoms with van der Waals surface area (Å²) in [7, 11) is 2.23. The number of carbonyl (C=O) groups excluding carboxylic acids is 3. The van der Waals surface area contributed by atoms with E-state index in [1.807, 2.05) is 12.1 Å². The Labute approximate surface area is 252 Å². The van der Waals surface area contributed by atoms with E-state index in [0.717, 1.165) is 5.92 Å². The van der Waals surface area contributed by atoms with Gasteiger partial charge in [-0.1, -0.05) is 25.1 Å². The molecule has 1 amide bonds. The van der Waals surface area contributed by atoms with Gasteiger partial charge in [-0.25, -0.2) is 4.79 Å². The van der Waals surface area contributed by atoms with E-state index >= 15 is 0 Å². The third-order valence-corrected chi connectivity index (χ3v) is 7.73. The number of likely N-dealkylation sites (tertiary alicyclic amines) is 1. The van der Waals surface area contributed by atoms with E-state index in [1.54, 1.807) is 36.4 Å². The lowest BCUT2D eigenvalue weighted by atomic mass is 9.66. The second-order valence-electron chi connectivity index (χ2n) is 11.5. The first-order valence-electron chi connectivity index (χ1n) is 14.5. The Morgan fingerprint density at radius 3 is 2.49 bits per heavy atom. The molecule has 228 valence electrons. The van der Waals surface area contributed by atoms with Gasteiger partial charge in [0.05, 0.1) is 0 Å². The number of nitrogens with zero attached hydrogens (tertiary/aromatic N) is 1. The minimum Gasteiger partial charge on any atom is -0.508 e. The molecule has 1 fully saturated rings. The van der Waals surface area contributed by atoms with Gasteiger partial charge in [0.2, 0.25) is 5.91 Å². The third kappa shape index (κ3) is 8.81. The Balaban J connectivity index is 0.000000213. The Morgan fingerprint density at radius 2 is 1.77 bits per heavy atom. The molecule has 2 atom stereocenters. The van der Waals surface area contributed by atoms with E-state index in [4.69, 9.17) is 14.2 Å². The molecule has 1 aliphatic carbocycles. The van der Waals surface area contributed by atoms with E-state index in [9.17, 15) is 19.5 Å². The number of hydrogen-bond donors (Lipinski definition) is 2. The van der Waals surface area contributed by atoms with Crippen molar-refractivity contribution in [3.63, 3.8) is 0 Å². The van der Waals surface area contributed by atoms with Gasteiger partial charge in [0.25, 0.3) is 0 Å². The molecule has 43 heavy (non-hydrogen) atoms. The lowest BCUT2D eigenvalue weighted by molar-refractivity contribution is -0.131. The summed E-state index contributed by atoms with van der Waals surface area (Å²) in [5.74, 6) is 0.655. The zero-order valence-corrected chi connectivity index (χ0v) is 25.2. The van der Waals surface area contributed by atoms with Crippen molar-refractivity contribution >= 4 is 23.5 Å². The molecule has 9 nitrogen and oxygen atoms in total. The smallest absolute Gasteiger partial charge is 0.342 e.